The molecule has 186 valence electrons. The van der Waals surface area contributed by atoms with E-state index in [2.05, 4.69) is 45.7 Å². The smallest absolute Gasteiger partial charge is 0.192 e. The number of anilines is 1. The number of nitrogens with zero attached hydrogens (tertiary/aromatic N) is 1. The summed E-state index contributed by atoms with van der Waals surface area (Å²) in [5.41, 5.74) is 2.11. The summed E-state index contributed by atoms with van der Waals surface area (Å²) in [6.45, 7) is 15.5. The van der Waals surface area contributed by atoms with Crippen molar-refractivity contribution in [3.8, 4) is 11.5 Å². The lowest BCUT2D eigenvalue weighted by Crippen LogP contribution is -2.45. The second-order valence-corrected chi connectivity index (χ2v) is 15.9. The van der Waals surface area contributed by atoms with Crippen LogP contribution in [0.2, 0.25) is 18.1 Å². The minimum Gasteiger partial charge on any atom is -0.484 e. The van der Waals surface area contributed by atoms with E-state index in [9.17, 15) is 9.90 Å². The summed E-state index contributed by atoms with van der Waals surface area (Å²) < 4.78 is 18.5. The van der Waals surface area contributed by atoms with Crippen LogP contribution in [-0.4, -0.2) is 58.7 Å². The van der Waals surface area contributed by atoms with Crippen LogP contribution >= 0.6 is 11.3 Å². The minimum atomic E-state index is -1.90. The largest absolute Gasteiger partial charge is 0.484 e. The van der Waals surface area contributed by atoms with E-state index in [0.29, 0.717) is 36.1 Å². The number of thiophene rings is 1. The molecule has 0 aliphatic carbocycles. The Morgan fingerprint density at radius 2 is 1.88 bits per heavy atom. The molecule has 1 N–H and O–H groups in total. The standard InChI is InChI=1S/C26H37NO5SSi/c1-7-27(14-15-28)20-11-8-19(9-12-20)10-13-22-24-25(23(16-29)33-22)32-21(17-30-24)18-31-34(5,6)26(2,3)4/h8-13,16,21,28H,7,14-15,17-18H2,1-6H3. The van der Waals surface area contributed by atoms with Gasteiger partial charge in [0.2, 0.25) is 0 Å². The minimum absolute atomic E-state index is 0.119. The number of carbonyl (C=O) groups is 1. The van der Waals surface area contributed by atoms with Crippen LogP contribution in [0.4, 0.5) is 5.69 Å². The van der Waals surface area contributed by atoms with E-state index in [1.165, 1.54) is 11.3 Å². The van der Waals surface area contributed by atoms with Crippen LogP contribution in [-0.2, 0) is 4.43 Å². The van der Waals surface area contributed by atoms with Crippen molar-refractivity contribution in [3.63, 3.8) is 0 Å². The maximum Gasteiger partial charge on any atom is 0.192 e. The molecule has 2 aromatic rings. The second kappa shape index (κ2) is 11.1. The third kappa shape index (κ3) is 6.10. The molecule has 0 saturated heterocycles. The topological polar surface area (TPSA) is 68.2 Å². The van der Waals surface area contributed by atoms with Crippen LogP contribution in [0, 0.1) is 0 Å². The highest BCUT2D eigenvalue weighted by molar-refractivity contribution is 7.15. The number of ether oxygens (including phenoxy) is 2. The Labute approximate surface area is 208 Å². The van der Waals surface area contributed by atoms with Crippen LogP contribution in [0.3, 0.4) is 0 Å². The predicted octanol–water partition coefficient (Wildman–Crippen LogP) is 5.71. The molecule has 3 rings (SSSR count). The highest BCUT2D eigenvalue weighted by Gasteiger charge is 2.38. The molecule has 1 aliphatic rings. The number of hydrogen-bond donors (Lipinski definition) is 1. The lowest BCUT2D eigenvalue weighted by atomic mass is 10.1. The zero-order valence-electron chi connectivity index (χ0n) is 21.1. The van der Waals surface area contributed by atoms with Gasteiger partial charge in [-0.15, -0.1) is 11.3 Å². The molecule has 1 aromatic heterocycles. The van der Waals surface area contributed by atoms with Gasteiger partial charge in [-0.1, -0.05) is 39.0 Å². The van der Waals surface area contributed by atoms with E-state index in [0.717, 1.165) is 29.0 Å². The van der Waals surface area contributed by atoms with Crippen LogP contribution in [0.1, 0.15) is 47.8 Å². The van der Waals surface area contributed by atoms with E-state index in [-0.39, 0.29) is 17.7 Å². The monoisotopic (exact) mass is 503 g/mol. The van der Waals surface area contributed by atoms with Gasteiger partial charge < -0.3 is 23.9 Å². The maximum atomic E-state index is 11.7. The molecule has 0 spiro atoms. The molecule has 2 heterocycles. The average Bonchev–Trinajstić information content (AvgIpc) is 3.16. The second-order valence-electron chi connectivity index (χ2n) is 9.96. The first kappa shape index (κ1) is 26.5. The number of aldehydes is 1. The molecular formula is C26H37NO5SSi. The van der Waals surface area contributed by atoms with E-state index >= 15 is 0 Å². The van der Waals surface area contributed by atoms with Gasteiger partial charge in [-0.25, -0.2) is 0 Å². The molecule has 1 unspecified atom stereocenters. The summed E-state index contributed by atoms with van der Waals surface area (Å²) in [5, 5.41) is 9.34. The van der Waals surface area contributed by atoms with Gasteiger partial charge in [0, 0.05) is 18.8 Å². The lowest BCUT2D eigenvalue weighted by Gasteiger charge is -2.37. The van der Waals surface area contributed by atoms with Crippen molar-refractivity contribution in [2.45, 2.75) is 51.9 Å². The average molecular weight is 504 g/mol. The molecule has 8 heteroatoms. The van der Waals surface area contributed by atoms with Gasteiger partial charge in [-0.05, 0) is 48.8 Å². The van der Waals surface area contributed by atoms with E-state index < -0.39 is 8.32 Å². The molecule has 0 fully saturated rings. The number of rotatable bonds is 10. The number of hydrogen-bond acceptors (Lipinski definition) is 7. The van der Waals surface area contributed by atoms with Gasteiger partial charge in [0.15, 0.2) is 32.2 Å². The number of carbonyl (C=O) groups excluding carboxylic acids is 1. The SMILES string of the molecule is CCN(CCO)c1ccc(C=Cc2sc(C=O)c3c2OCC(CO[Si](C)(C)C(C)(C)C)O3)cc1. The summed E-state index contributed by atoms with van der Waals surface area (Å²) in [6, 6.07) is 8.18. The molecule has 34 heavy (non-hydrogen) atoms. The van der Waals surface area contributed by atoms with Crippen molar-refractivity contribution in [3.05, 3.63) is 39.6 Å². The normalized spacial score (nSPS) is 16.1. The number of benzene rings is 1. The number of fused-ring (bicyclic) bond motifs is 1. The van der Waals surface area contributed by atoms with Crippen molar-refractivity contribution < 1.29 is 23.8 Å². The predicted molar refractivity (Wildman–Crippen MR) is 143 cm³/mol. The van der Waals surface area contributed by atoms with Crippen LogP contribution in [0.25, 0.3) is 12.2 Å². The van der Waals surface area contributed by atoms with Crippen molar-refractivity contribution >= 4 is 43.8 Å². The van der Waals surface area contributed by atoms with Crippen LogP contribution in [0.5, 0.6) is 11.5 Å². The Balaban J connectivity index is 1.71. The van der Waals surface area contributed by atoms with Crippen molar-refractivity contribution in [2.75, 3.05) is 37.8 Å². The Morgan fingerprint density at radius 3 is 2.47 bits per heavy atom. The molecule has 0 radical (unpaired) electrons. The van der Waals surface area contributed by atoms with Gasteiger partial charge in [0.1, 0.15) is 11.5 Å². The highest BCUT2D eigenvalue weighted by atomic mass is 32.1. The summed E-state index contributed by atoms with van der Waals surface area (Å²) in [6.07, 6.45) is 4.56. The Morgan fingerprint density at radius 1 is 1.18 bits per heavy atom. The summed E-state index contributed by atoms with van der Waals surface area (Å²) in [7, 11) is -1.90. The van der Waals surface area contributed by atoms with Crippen molar-refractivity contribution in [2.24, 2.45) is 0 Å². The fourth-order valence-electron chi connectivity index (χ4n) is 3.41. The molecule has 1 aliphatic heterocycles. The van der Waals surface area contributed by atoms with E-state index in [1.54, 1.807) is 0 Å². The van der Waals surface area contributed by atoms with Crippen LogP contribution < -0.4 is 14.4 Å². The number of aliphatic hydroxyl groups excluding tert-OH is 1. The van der Waals surface area contributed by atoms with Gasteiger partial charge in [-0.2, -0.15) is 0 Å². The first-order valence-corrected chi connectivity index (χ1v) is 15.5. The van der Waals surface area contributed by atoms with Gasteiger partial charge in [-0.3, -0.25) is 4.79 Å². The lowest BCUT2D eigenvalue weighted by molar-refractivity contribution is 0.0493. The molecule has 1 aromatic carbocycles. The Hall–Kier alpha value is -2.13. The number of likely N-dealkylation sites (N-methyl/N-ethyl adjacent to an activating group) is 1. The summed E-state index contributed by atoms with van der Waals surface area (Å²) in [5.74, 6) is 1.15. The van der Waals surface area contributed by atoms with E-state index in [1.807, 2.05) is 36.4 Å². The fourth-order valence-corrected chi connectivity index (χ4v) is 5.34. The zero-order chi connectivity index (χ0) is 24.9. The first-order chi connectivity index (χ1) is 16.1. The molecule has 6 nitrogen and oxygen atoms in total. The van der Waals surface area contributed by atoms with E-state index in [4.69, 9.17) is 13.9 Å². The first-order valence-electron chi connectivity index (χ1n) is 11.8. The van der Waals surface area contributed by atoms with Crippen molar-refractivity contribution in [1.29, 1.82) is 0 Å². The highest BCUT2D eigenvalue weighted by Crippen LogP contribution is 2.45. The van der Waals surface area contributed by atoms with Gasteiger partial charge in [0.05, 0.1) is 18.1 Å². The molecular weight excluding hydrogens is 466 g/mol. The third-order valence-electron chi connectivity index (χ3n) is 6.55. The summed E-state index contributed by atoms with van der Waals surface area (Å²) >= 11 is 1.37. The molecule has 0 amide bonds. The van der Waals surface area contributed by atoms with Gasteiger partial charge >= 0.3 is 0 Å². The summed E-state index contributed by atoms with van der Waals surface area (Å²) in [4.78, 5) is 15.2. The van der Waals surface area contributed by atoms with Crippen LogP contribution in [0.15, 0.2) is 24.3 Å². The third-order valence-corrected chi connectivity index (χ3v) is 12.1. The Bertz CT molecular complexity index is 994. The zero-order valence-corrected chi connectivity index (χ0v) is 22.9. The maximum absolute atomic E-state index is 11.7. The van der Waals surface area contributed by atoms with Crippen molar-refractivity contribution in [1.82, 2.24) is 0 Å². The number of aliphatic hydroxyl groups is 1. The quantitative estimate of drug-likeness (QED) is 0.331. The molecule has 0 bridgehead atoms. The molecule has 0 saturated carbocycles. The van der Waals surface area contributed by atoms with Gasteiger partial charge in [0.25, 0.3) is 0 Å². The Kier molecular flexibility index (Phi) is 8.62. The fraction of sp³-hybridized carbons (Fsp3) is 0.500. The molecule has 1 atom stereocenters.